The summed E-state index contributed by atoms with van der Waals surface area (Å²) in [6.45, 7) is 1.27. The van der Waals surface area contributed by atoms with E-state index in [0.29, 0.717) is 6.20 Å². The maximum atomic E-state index is 12.0. The second-order valence-corrected chi connectivity index (χ2v) is 6.41. The van der Waals surface area contributed by atoms with Crippen LogP contribution in [0.15, 0.2) is 11.2 Å². The van der Waals surface area contributed by atoms with Gasteiger partial charge in [-0.3, -0.25) is 0 Å². The maximum absolute atomic E-state index is 12.0. The summed E-state index contributed by atoms with van der Waals surface area (Å²) in [4.78, 5) is 3.34. The van der Waals surface area contributed by atoms with Crippen LogP contribution >= 0.6 is 33.3 Å². The monoisotopic (exact) mass is 401 g/mol. The minimum absolute atomic E-state index is 0.00264. The van der Waals surface area contributed by atoms with Gasteiger partial charge in [-0.25, -0.2) is 13.4 Å². The lowest BCUT2D eigenvalue weighted by atomic mass is 10.3. The Bertz CT molecular complexity index is 546. The van der Waals surface area contributed by atoms with Crippen molar-refractivity contribution in [2.24, 2.45) is 0 Å². The lowest BCUT2D eigenvalue weighted by Crippen LogP contribution is -2.18. The first-order valence-corrected chi connectivity index (χ1v) is 7.26. The van der Waals surface area contributed by atoms with Gasteiger partial charge >= 0.3 is 6.36 Å². The van der Waals surface area contributed by atoms with Gasteiger partial charge in [-0.1, -0.05) is 0 Å². The van der Waals surface area contributed by atoms with Gasteiger partial charge < -0.3 is 4.74 Å². The molecule has 0 atom stereocenters. The van der Waals surface area contributed by atoms with E-state index in [-0.39, 0.29) is 9.13 Å². The first kappa shape index (κ1) is 14.8. The lowest BCUT2D eigenvalue weighted by Gasteiger charge is -2.12. The summed E-state index contributed by atoms with van der Waals surface area (Å²) < 4.78 is 61.7. The summed E-state index contributed by atoms with van der Waals surface area (Å²) >= 11 is 1.53. The Morgan fingerprint density at radius 2 is 2.00 bits per heavy atom. The molecule has 0 amide bonds. The molecule has 1 aromatic heterocycles. The van der Waals surface area contributed by atoms with E-state index in [9.17, 15) is 21.6 Å². The summed E-state index contributed by atoms with van der Waals surface area (Å²) in [6.07, 6.45) is -4.20. The highest BCUT2D eigenvalue weighted by Crippen LogP contribution is 2.31. The van der Waals surface area contributed by atoms with Crippen LogP contribution in [0.5, 0.6) is 5.75 Å². The molecule has 0 bridgehead atoms. The second-order valence-electron chi connectivity index (χ2n) is 2.85. The first-order chi connectivity index (χ1) is 7.52. The van der Waals surface area contributed by atoms with Gasteiger partial charge in [0.05, 0.1) is 9.77 Å². The van der Waals surface area contributed by atoms with Crippen LogP contribution in [-0.2, 0) is 9.05 Å². The van der Waals surface area contributed by atoms with Crippen LogP contribution < -0.4 is 4.74 Å². The van der Waals surface area contributed by atoms with Crippen LogP contribution in [0.1, 0.15) is 5.56 Å². The van der Waals surface area contributed by atoms with Crippen molar-refractivity contribution in [2.45, 2.75) is 18.3 Å². The number of pyridine rings is 1. The van der Waals surface area contributed by atoms with Gasteiger partial charge in [0, 0.05) is 16.2 Å². The topological polar surface area (TPSA) is 56.3 Å². The minimum Gasteiger partial charge on any atom is -0.404 e. The molecule has 0 spiro atoms. The molecule has 0 radical (unpaired) electrons. The van der Waals surface area contributed by atoms with Crippen LogP contribution in [-0.4, -0.2) is 19.8 Å². The van der Waals surface area contributed by atoms with Crippen molar-refractivity contribution in [2.75, 3.05) is 0 Å². The van der Waals surface area contributed by atoms with Crippen molar-refractivity contribution in [3.63, 3.8) is 0 Å². The van der Waals surface area contributed by atoms with E-state index >= 15 is 0 Å². The molecule has 17 heavy (non-hydrogen) atoms. The molecule has 0 aliphatic heterocycles. The van der Waals surface area contributed by atoms with E-state index in [2.05, 4.69) is 9.72 Å². The van der Waals surface area contributed by atoms with Gasteiger partial charge in [0.15, 0.2) is 10.8 Å². The van der Waals surface area contributed by atoms with E-state index in [4.69, 9.17) is 10.7 Å². The molecule has 0 saturated heterocycles. The van der Waals surface area contributed by atoms with Gasteiger partial charge in [0.25, 0.3) is 9.05 Å². The first-order valence-electron chi connectivity index (χ1n) is 3.88. The molecule has 96 valence electrons. The molecule has 0 unspecified atom stereocenters. The number of hydrogen-bond acceptors (Lipinski definition) is 4. The molecule has 1 rings (SSSR count). The largest absolute Gasteiger partial charge is 0.573 e. The lowest BCUT2D eigenvalue weighted by molar-refractivity contribution is -0.275. The molecule has 0 saturated carbocycles. The number of hydrogen-bond donors (Lipinski definition) is 0. The van der Waals surface area contributed by atoms with Gasteiger partial charge in [0.2, 0.25) is 0 Å². The predicted molar refractivity (Wildman–Crippen MR) is 61.4 cm³/mol. The zero-order valence-corrected chi connectivity index (χ0v) is 11.8. The van der Waals surface area contributed by atoms with Crippen molar-refractivity contribution in [1.82, 2.24) is 4.98 Å². The van der Waals surface area contributed by atoms with Gasteiger partial charge in [0.1, 0.15) is 0 Å². The molecule has 4 nitrogen and oxygen atoms in total. The summed E-state index contributed by atoms with van der Waals surface area (Å²) in [6, 6.07) is 0. The van der Waals surface area contributed by atoms with Crippen molar-refractivity contribution >= 4 is 42.3 Å². The molecule has 0 aliphatic rings. The van der Waals surface area contributed by atoms with E-state index in [1.807, 2.05) is 0 Å². The fraction of sp³-hybridized carbons (Fsp3) is 0.286. The van der Waals surface area contributed by atoms with Crippen molar-refractivity contribution in [1.29, 1.82) is 0 Å². The molecular formula is C7H4ClF3INO3S. The fourth-order valence-electron chi connectivity index (χ4n) is 0.937. The Labute approximate surface area is 113 Å². The third-order valence-electron chi connectivity index (χ3n) is 1.64. The maximum Gasteiger partial charge on any atom is 0.573 e. The van der Waals surface area contributed by atoms with Crippen molar-refractivity contribution in [3.8, 4) is 5.75 Å². The van der Waals surface area contributed by atoms with Gasteiger partial charge in [-0.2, -0.15) is 0 Å². The van der Waals surface area contributed by atoms with Crippen LogP contribution in [0.25, 0.3) is 0 Å². The Morgan fingerprint density at radius 1 is 1.47 bits per heavy atom. The van der Waals surface area contributed by atoms with Crippen LogP contribution in [0.3, 0.4) is 0 Å². The summed E-state index contributed by atoms with van der Waals surface area (Å²) in [5, 5.41) is -0.494. The molecule has 1 heterocycles. The SMILES string of the molecule is Cc1c(OC(F)(F)F)cnc(S(=O)(=O)Cl)c1I. The standard InChI is InChI=1S/C7H4ClF3INO3S/c1-3-4(16-7(9,10)11)2-13-6(5(3)12)17(8,14)15/h2H,1H3. The van der Waals surface area contributed by atoms with Crippen LogP contribution in [0.4, 0.5) is 13.2 Å². The van der Waals surface area contributed by atoms with Gasteiger partial charge in [-0.05, 0) is 29.5 Å². The number of nitrogens with zero attached hydrogens (tertiary/aromatic N) is 1. The molecule has 1 aromatic rings. The van der Waals surface area contributed by atoms with Crippen molar-refractivity contribution in [3.05, 3.63) is 15.3 Å². The summed E-state index contributed by atoms with van der Waals surface area (Å²) in [7, 11) is 0.963. The van der Waals surface area contributed by atoms with E-state index < -0.39 is 26.2 Å². The third kappa shape index (κ3) is 3.85. The fourth-order valence-corrected chi connectivity index (χ4v) is 3.50. The number of rotatable bonds is 2. The normalized spacial score (nSPS) is 12.6. The van der Waals surface area contributed by atoms with Gasteiger partial charge in [-0.15, -0.1) is 13.2 Å². The molecule has 0 aromatic carbocycles. The molecule has 10 heteroatoms. The van der Waals surface area contributed by atoms with Crippen LogP contribution in [0.2, 0.25) is 0 Å². The minimum atomic E-state index is -4.86. The number of ether oxygens (including phenoxy) is 1. The Morgan fingerprint density at radius 3 is 2.41 bits per heavy atom. The number of halogens is 5. The zero-order valence-electron chi connectivity index (χ0n) is 8.05. The Hall–Kier alpha value is -0.290. The smallest absolute Gasteiger partial charge is 0.404 e. The molecule has 0 N–H and O–H groups in total. The average molecular weight is 402 g/mol. The van der Waals surface area contributed by atoms with E-state index in [1.54, 1.807) is 0 Å². The quantitative estimate of drug-likeness (QED) is 0.565. The highest BCUT2D eigenvalue weighted by Gasteiger charge is 2.33. The van der Waals surface area contributed by atoms with Crippen LogP contribution in [0, 0.1) is 10.5 Å². The highest BCUT2D eigenvalue weighted by atomic mass is 127. The number of alkyl halides is 3. The summed E-state index contributed by atoms with van der Waals surface area (Å²) in [5.41, 5.74) is -0.00264. The molecule has 0 fully saturated rings. The van der Waals surface area contributed by atoms with E-state index in [1.165, 1.54) is 29.5 Å². The Kier molecular flexibility index (Phi) is 4.14. The summed E-state index contributed by atoms with van der Waals surface area (Å²) in [5.74, 6) is -0.564. The highest BCUT2D eigenvalue weighted by molar-refractivity contribution is 14.1. The average Bonchev–Trinajstić information content (AvgIpc) is 2.08. The van der Waals surface area contributed by atoms with E-state index in [0.717, 1.165) is 0 Å². The predicted octanol–water partition coefficient (Wildman–Crippen LogP) is 2.82. The van der Waals surface area contributed by atoms with Crippen molar-refractivity contribution < 1.29 is 26.3 Å². The second kappa shape index (κ2) is 4.76. The third-order valence-corrected chi connectivity index (χ3v) is 4.54. The Balaban J connectivity index is 3.30. The number of aromatic nitrogens is 1. The molecular weight excluding hydrogens is 397 g/mol. The zero-order chi connectivity index (χ0) is 13.4. The molecule has 0 aliphatic carbocycles.